The van der Waals surface area contributed by atoms with Gasteiger partial charge in [0.2, 0.25) is 0 Å². The molecule has 1 aliphatic rings. The van der Waals surface area contributed by atoms with Crippen molar-refractivity contribution < 1.29 is 8.42 Å². The fraction of sp³-hybridized carbons (Fsp3) is 1.00. The summed E-state index contributed by atoms with van der Waals surface area (Å²) in [5, 5.41) is 0. The summed E-state index contributed by atoms with van der Waals surface area (Å²) in [6, 6.07) is 0. The summed E-state index contributed by atoms with van der Waals surface area (Å²) < 4.78 is 25.9. The van der Waals surface area contributed by atoms with E-state index in [2.05, 4.69) is 0 Å². The Labute approximate surface area is 74.3 Å². The van der Waals surface area contributed by atoms with Crippen molar-refractivity contribution in [2.75, 3.05) is 26.7 Å². The summed E-state index contributed by atoms with van der Waals surface area (Å²) in [4.78, 5) is 0. The highest BCUT2D eigenvalue weighted by atomic mass is 32.2. The standard InChI is InChI=1S/C7H16N2O2S/c1-7(2)6-9-5-4-8(3)12(9,10)11/h7H,4-6H2,1-3H3. The van der Waals surface area contributed by atoms with Crippen LogP contribution in [0.4, 0.5) is 0 Å². The Morgan fingerprint density at radius 2 is 1.92 bits per heavy atom. The molecule has 1 fully saturated rings. The minimum absolute atomic E-state index is 0.395. The van der Waals surface area contributed by atoms with E-state index in [1.54, 1.807) is 7.05 Å². The molecule has 0 amide bonds. The average Bonchev–Trinajstić information content (AvgIpc) is 2.15. The Bertz CT molecular complexity index is 248. The molecule has 0 N–H and O–H groups in total. The molecule has 0 aromatic heterocycles. The van der Waals surface area contributed by atoms with Crippen molar-refractivity contribution in [2.24, 2.45) is 5.92 Å². The maximum atomic E-state index is 11.5. The topological polar surface area (TPSA) is 40.6 Å². The third kappa shape index (κ3) is 1.78. The third-order valence-corrected chi connectivity index (χ3v) is 3.91. The van der Waals surface area contributed by atoms with Crippen molar-refractivity contribution >= 4 is 10.2 Å². The summed E-state index contributed by atoms with van der Waals surface area (Å²) in [6.45, 7) is 5.93. The predicted molar refractivity (Wildman–Crippen MR) is 48.0 cm³/mol. The van der Waals surface area contributed by atoms with Crippen molar-refractivity contribution in [1.82, 2.24) is 8.61 Å². The zero-order valence-corrected chi connectivity index (χ0v) is 8.63. The van der Waals surface area contributed by atoms with Gasteiger partial charge in [0.15, 0.2) is 0 Å². The maximum absolute atomic E-state index is 11.5. The molecule has 0 saturated carbocycles. The third-order valence-electron chi connectivity index (χ3n) is 1.95. The number of rotatable bonds is 2. The smallest absolute Gasteiger partial charge is 0.195 e. The van der Waals surface area contributed by atoms with Gasteiger partial charge in [-0.05, 0) is 5.92 Å². The van der Waals surface area contributed by atoms with Crippen LogP contribution >= 0.6 is 0 Å². The molecule has 0 unspecified atom stereocenters. The predicted octanol–water partition coefficient (Wildman–Crippen LogP) is 0.135. The quantitative estimate of drug-likeness (QED) is 0.624. The van der Waals surface area contributed by atoms with Gasteiger partial charge in [-0.25, -0.2) is 0 Å². The van der Waals surface area contributed by atoms with Crippen molar-refractivity contribution in [3.05, 3.63) is 0 Å². The number of likely N-dealkylation sites (N-methyl/N-ethyl adjacent to an activating group) is 1. The summed E-state index contributed by atoms with van der Waals surface area (Å²) in [5.41, 5.74) is 0. The van der Waals surface area contributed by atoms with Crippen LogP contribution in [0, 0.1) is 5.92 Å². The second kappa shape index (κ2) is 3.32. The molecule has 72 valence electrons. The van der Waals surface area contributed by atoms with Gasteiger partial charge in [-0.2, -0.15) is 17.0 Å². The molecule has 0 radical (unpaired) electrons. The maximum Gasteiger partial charge on any atom is 0.281 e. The molecular formula is C7H16N2O2S. The average molecular weight is 192 g/mol. The van der Waals surface area contributed by atoms with Crippen molar-refractivity contribution in [2.45, 2.75) is 13.8 Å². The largest absolute Gasteiger partial charge is 0.281 e. The van der Waals surface area contributed by atoms with Gasteiger partial charge >= 0.3 is 0 Å². The van der Waals surface area contributed by atoms with E-state index in [0.717, 1.165) is 0 Å². The highest BCUT2D eigenvalue weighted by molar-refractivity contribution is 7.87. The van der Waals surface area contributed by atoms with Crippen molar-refractivity contribution in [3.8, 4) is 0 Å². The van der Waals surface area contributed by atoms with Crippen LogP contribution in [0.3, 0.4) is 0 Å². The molecule has 12 heavy (non-hydrogen) atoms. The van der Waals surface area contributed by atoms with Crippen LogP contribution in [0.5, 0.6) is 0 Å². The first-order chi connectivity index (χ1) is 5.44. The molecule has 0 bridgehead atoms. The molecule has 0 atom stereocenters. The Hall–Kier alpha value is -0.130. The van der Waals surface area contributed by atoms with E-state index in [0.29, 0.717) is 25.6 Å². The van der Waals surface area contributed by atoms with Gasteiger partial charge < -0.3 is 0 Å². The molecule has 1 rings (SSSR count). The number of hydrogen-bond acceptors (Lipinski definition) is 2. The Kier molecular flexibility index (Phi) is 2.75. The monoisotopic (exact) mass is 192 g/mol. The minimum Gasteiger partial charge on any atom is -0.195 e. The van der Waals surface area contributed by atoms with E-state index >= 15 is 0 Å². The highest BCUT2D eigenvalue weighted by Crippen LogP contribution is 2.15. The van der Waals surface area contributed by atoms with E-state index in [1.807, 2.05) is 13.8 Å². The normalized spacial score (nSPS) is 25.3. The Balaban J connectivity index is 2.70. The molecule has 0 aliphatic carbocycles. The molecule has 0 aromatic carbocycles. The van der Waals surface area contributed by atoms with E-state index in [1.165, 1.54) is 8.61 Å². The first-order valence-corrected chi connectivity index (χ1v) is 5.55. The molecule has 4 nitrogen and oxygen atoms in total. The van der Waals surface area contributed by atoms with E-state index < -0.39 is 10.2 Å². The van der Waals surface area contributed by atoms with Gasteiger partial charge in [-0.15, -0.1) is 0 Å². The van der Waals surface area contributed by atoms with Crippen LogP contribution in [0.15, 0.2) is 0 Å². The lowest BCUT2D eigenvalue weighted by atomic mass is 10.2. The zero-order chi connectivity index (χ0) is 9.35. The minimum atomic E-state index is -3.09. The number of nitrogens with zero attached hydrogens (tertiary/aromatic N) is 2. The van der Waals surface area contributed by atoms with Crippen LogP contribution in [0.2, 0.25) is 0 Å². The summed E-state index contributed by atoms with van der Waals surface area (Å²) in [6.07, 6.45) is 0. The van der Waals surface area contributed by atoms with Gasteiger partial charge in [-0.3, -0.25) is 0 Å². The second-order valence-electron chi connectivity index (χ2n) is 3.58. The van der Waals surface area contributed by atoms with Gasteiger partial charge in [0.25, 0.3) is 10.2 Å². The molecule has 5 heteroatoms. The molecular weight excluding hydrogens is 176 g/mol. The fourth-order valence-corrected chi connectivity index (χ4v) is 2.78. The zero-order valence-electron chi connectivity index (χ0n) is 7.82. The Morgan fingerprint density at radius 1 is 1.33 bits per heavy atom. The molecule has 1 aliphatic heterocycles. The molecule has 1 saturated heterocycles. The summed E-state index contributed by atoms with van der Waals surface area (Å²) >= 11 is 0. The van der Waals surface area contributed by atoms with E-state index in [-0.39, 0.29) is 0 Å². The van der Waals surface area contributed by atoms with Gasteiger partial charge in [0.05, 0.1) is 0 Å². The lowest BCUT2D eigenvalue weighted by molar-refractivity contribution is 0.397. The summed E-state index contributed by atoms with van der Waals surface area (Å²) in [7, 11) is -1.47. The Morgan fingerprint density at radius 3 is 2.25 bits per heavy atom. The second-order valence-corrected chi connectivity index (χ2v) is 5.62. The molecule has 0 aromatic rings. The van der Waals surface area contributed by atoms with Crippen LogP contribution < -0.4 is 0 Å². The van der Waals surface area contributed by atoms with E-state index in [4.69, 9.17) is 0 Å². The van der Waals surface area contributed by atoms with Gasteiger partial charge in [0.1, 0.15) is 0 Å². The summed E-state index contributed by atoms with van der Waals surface area (Å²) in [5.74, 6) is 0.395. The highest BCUT2D eigenvalue weighted by Gasteiger charge is 2.33. The molecule has 1 heterocycles. The molecule has 0 spiro atoms. The number of hydrogen-bond donors (Lipinski definition) is 0. The van der Waals surface area contributed by atoms with Crippen LogP contribution in [-0.2, 0) is 10.2 Å². The lowest BCUT2D eigenvalue weighted by Crippen LogP contribution is -2.33. The van der Waals surface area contributed by atoms with E-state index in [9.17, 15) is 8.42 Å². The van der Waals surface area contributed by atoms with Gasteiger partial charge in [-0.1, -0.05) is 13.8 Å². The first kappa shape index (κ1) is 9.95. The van der Waals surface area contributed by atoms with Crippen LogP contribution in [0.1, 0.15) is 13.8 Å². The van der Waals surface area contributed by atoms with Crippen molar-refractivity contribution in [3.63, 3.8) is 0 Å². The first-order valence-electron chi connectivity index (χ1n) is 4.16. The van der Waals surface area contributed by atoms with Gasteiger partial charge in [0, 0.05) is 26.7 Å². The lowest BCUT2D eigenvalue weighted by Gasteiger charge is -2.17. The SMILES string of the molecule is CC(C)CN1CCN(C)S1(=O)=O. The van der Waals surface area contributed by atoms with Crippen LogP contribution in [0.25, 0.3) is 0 Å². The van der Waals surface area contributed by atoms with Crippen molar-refractivity contribution in [1.29, 1.82) is 0 Å². The fourth-order valence-electron chi connectivity index (χ4n) is 1.27. The van der Waals surface area contributed by atoms with Crippen LogP contribution in [-0.4, -0.2) is 43.7 Å².